The molecule has 26 heavy (non-hydrogen) atoms. The van der Waals surface area contributed by atoms with E-state index in [9.17, 15) is 9.59 Å². The Hall–Kier alpha value is -2.34. The summed E-state index contributed by atoms with van der Waals surface area (Å²) in [6.07, 6.45) is 2.16. The van der Waals surface area contributed by atoms with E-state index < -0.39 is 0 Å². The third-order valence-corrected chi connectivity index (χ3v) is 5.92. The van der Waals surface area contributed by atoms with Crippen molar-refractivity contribution >= 4 is 22.8 Å². The standard InChI is InChI=1S/C20H25N3O3/c1-14-12-15-4-3-5-16(18(15)26-14)19(25)23-11-10-22(2)20(13-23)7-6-17(24)21-9-8-20/h3-5,12H,6-11,13H2,1-2H3,(H,21,24)/t20-/m0/s1. The first kappa shape index (κ1) is 17.1. The van der Waals surface area contributed by atoms with Crippen molar-refractivity contribution in [3.05, 3.63) is 35.6 Å². The smallest absolute Gasteiger partial charge is 0.257 e. The van der Waals surface area contributed by atoms with E-state index >= 15 is 0 Å². The predicted octanol–water partition coefficient (Wildman–Crippen LogP) is 2.17. The number of amides is 2. The number of para-hydroxylation sites is 1. The molecule has 3 heterocycles. The van der Waals surface area contributed by atoms with Crippen LogP contribution in [0.3, 0.4) is 0 Å². The van der Waals surface area contributed by atoms with Crippen LogP contribution in [-0.2, 0) is 4.79 Å². The van der Waals surface area contributed by atoms with E-state index in [1.54, 1.807) is 0 Å². The lowest BCUT2D eigenvalue weighted by atomic mass is 9.86. The summed E-state index contributed by atoms with van der Waals surface area (Å²) in [4.78, 5) is 29.3. The first-order valence-electron chi connectivity index (χ1n) is 9.25. The molecular formula is C20H25N3O3. The number of fused-ring (bicyclic) bond motifs is 1. The molecule has 0 unspecified atom stereocenters. The van der Waals surface area contributed by atoms with Crippen LogP contribution in [0.5, 0.6) is 0 Å². The molecule has 0 aliphatic carbocycles. The second-order valence-corrected chi connectivity index (χ2v) is 7.55. The molecule has 6 nitrogen and oxygen atoms in total. The molecular weight excluding hydrogens is 330 g/mol. The van der Waals surface area contributed by atoms with Gasteiger partial charge in [0.25, 0.3) is 5.91 Å². The molecule has 1 aromatic heterocycles. The summed E-state index contributed by atoms with van der Waals surface area (Å²) in [6.45, 7) is 4.71. The molecule has 1 atom stereocenters. The molecule has 2 aliphatic rings. The van der Waals surface area contributed by atoms with Gasteiger partial charge in [-0.05, 0) is 38.9 Å². The number of hydrogen-bond acceptors (Lipinski definition) is 4. The molecule has 0 bridgehead atoms. The number of aryl methyl sites for hydroxylation is 1. The van der Waals surface area contributed by atoms with Gasteiger partial charge >= 0.3 is 0 Å². The maximum Gasteiger partial charge on any atom is 0.257 e. The Labute approximate surface area is 153 Å². The van der Waals surface area contributed by atoms with Crippen molar-refractivity contribution in [2.24, 2.45) is 0 Å². The fraction of sp³-hybridized carbons (Fsp3) is 0.500. The highest BCUT2D eigenvalue weighted by Gasteiger charge is 2.42. The summed E-state index contributed by atoms with van der Waals surface area (Å²) >= 11 is 0. The fourth-order valence-corrected chi connectivity index (χ4v) is 4.30. The van der Waals surface area contributed by atoms with Crippen molar-refractivity contribution in [2.75, 3.05) is 33.2 Å². The van der Waals surface area contributed by atoms with Crippen LogP contribution in [0.25, 0.3) is 11.0 Å². The second kappa shape index (κ2) is 6.43. The number of rotatable bonds is 1. The van der Waals surface area contributed by atoms with Gasteiger partial charge in [0.15, 0.2) is 0 Å². The van der Waals surface area contributed by atoms with E-state index in [1.807, 2.05) is 36.1 Å². The Kier molecular flexibility index (Phi) is 4.23. The lowest BCUT2D eigenvalue weighted by Crippen LogP contribution is -2.62. The van der Waals surface area contributed by atoms with Crippen molar-refractivity contribution in [1.82, 2.24) is 15.1 Å². The maximum absolute atomic E-state index is 13.3. The molecule has 4 rings (SSSR count). The highest BCUT2D eigenvalue weighted by Crippen LogP contribution is 2.32. The highest BCUT2D eigenvalue weighted by atomic mass is 16.3. The Morgan fingerprint density at radius 3 is 2.96 bits per heavy atom. The Morgan fingerprint density at radius 1 is 1.27 bits per heavy atom. The third-order valence-electron chi connectivity index (χ3n) is 5.92. The normalized spacial score (nSPS) is 24.7. The van der Waals surface area contributed by atoms with Crippen molar-refractivity contribution < 1.29 is 14.0 Å². The van der Waals surface area contributed by atoms with Gasteiger partial charge in [0.05, 0.1) is 5.56 Å². The molecule has 2 saturated heterocycles. The third kappa shape index (κ3) is 2.88. The molecule has 2 amide bonds. The zero-order chi connectivity index (χ0) is 18.3. The molecule has 2 fully saturated rings. The zero-order valence-electron chi connectivity index (χ0n) is 15.4. The number of likely N-dealkylation sites (N-methyl/N-ethyl adjacent to an activating group) is 1. The maximum atomic E-state index is 13.3. The van der Waals surface area contributed by atoms with E-state index in [1.165, 1.54) is 0 Å². The molecule has 2 aromatic rings. The van der Waals surface area contributed by atoms with Gasteiger partial charge in [-0.25, -0.2) is 0 Å². The van der Waals surface area contributed by atoms with Gasteiger partial charge in [0, 0.05) is 43.5 Å². The van der Waals surface area contributed by atoms with Gasteiger partial charge < -0.3 is 14.6 Å². The zero-order valence-corrected chi connectivity index (χ0v) is 15.4. The van der Waals surface area contributed by atoms with Gasteiger partial charge in [0.2, 0.25) is 5.91 Å². The molecule has 0 saturated carbocycles. The van der Waals surface area contributed by atoms with E-state index in [0.717, 1.165) is 30.5 Å². The first-order valence-corrected chi connectivity index (χ1v) is 9.25. The molecule has 6 heteroatoms. The van der Waals surface area contributed by atoms with Crippen molar-refractivity contribution in [3.63, 3.8) is 0 Å². The number of hydrogen-bond donors (Lipinski definition) is 1. The summed E-state index contributed by atoms with van der Waals surface area (Å²) < 4.78 is 5.79. The largest absolute Gasteiger partial charge is 0.461 e. The average molecular weight is 355 g/mol. The lowest BCUT2D eigenvalue weighted by Gasteiger charge is -2.49. The summed E-state index contributed by atoms with van der Waals surface area (Å²) in [6, 6.07) is 7.68. The minimum atomic E-state index is -0.139. The summed E-state index contributed by atoms with van der Waals surface area (Å²) in [5.74, 6) is 0.930. The predicted molar refractivity (Wildman–Crippen MR) is 99.1 cm³/mol. The quantitative estimate of drug-likeness (QED) is 0.851. The van der Waals surface area contributed by atoms with E-state index in [2.05, 4.69) is 17.3 Å². The van der Waals surface area contributed by atoms with Crippen LogP contribution in [-0.4, -0.2) is 60.4 Å². The van der Waals surface area contributed by atoms with Crippen LogP contribution in [0.1, 0.15) is 35.4 Å². The summed E-state index contributed by atoms with van der Waals surface area (Å²) in [5.41, 5.74) is 1.15. The van der Waals surface area contributed by atoms with Gasteiger partial charge in [0.1, 0.15) is 11.3 Å². The first-order chi connectivity index (χ1) is 12.5. The number of benzene rings is 1. The monoisotopic (exact) mass is 355 g/mol. The Balaban J connectivity index is 1.63. The van der Waals surface area contributed by atoms with Crippen LogP contribution in [0.2, 0.25) is 0 Å². The van der Waals surface area contributed by atoms with Crippen molar-refractivity contribution in [1.29, 1.82) is 0 Å². The molecule has 1 N–H and O–H groups in total. The van der Waals surface area contributed by atoms with Crippen LogP contribution in [0, 0.1) is 6.92 Å². The number of piperazine rings is 1. The number of nitrogens with zero attached hydrogens (tertiary/aromatic N) is 2. The van der Waals surface area contributed by atoms with Crippen LogP contribution >= 0.6 is 0 Å². The minimum Gasteiger partial charge on any atom is -0.461 e. The van der Waals surface area contributed by atoms with Crippen molar-refractivity contribution in [2.45, 2.75) is 31.7 Å². The lowest BCUT2D eigenvalue weighted by molar-refractivity contribution is -0.121. The Morgan fingerprint density at radius 2 is 2.12 bits per heavy atom. The number of nitrogens with one attached hydrogen (secondary N) is 1. The topological polar surface area (TPSA) is 65.8 Å². The van der Waals surface area contributed by atoms with Gasteiger partial charge in [-0.15, -0.1) is 0 Å². The van der Waals surface area contributed by atoms with Crippen molar-refractivity contribution in [3.8, 4) is 0 Å². The fourth-order valence-electron chi connectivity index (χ4n) is 4.30. The molecule has 0 radical (unpaired) electrons. The molecule has 1 spiro atoms. The van der Waals surface area contributed by atoms with E-state index in [0.29, 0.717) is 37.2 Å². The van der Waals surface area contributed by atoms with E-state index in [-0.39, 0.29) is 17.4 Å². The number of carbonyl (C=O) groups is 2. The number of carbonyl (C=O) groups excluding carboxylic acids is 2. The van der Waals surface area contributed by atoms with Crippen LogP contribution in [0.15, 0.2) is 28.7 Å². The van der Waals surface area contributed by atoms with Crippen LogP contribution in [0.4, 0.5) is 0 Å². The van der Waals surface area contributed by atoms with E-state index in [4.69, 9.17) is 4.42 Å². The van der Waals surface area contributed by atoms with Gasteiger partial charge in [-0.3, -0.25) is 14.5 Å². The minimum absolute atomic E-state index is 0.0148. The molecule has 138 valence electrons. The molecule has 2 aliphatic heterocycles. The number of furan rings is 1. The van der Waals surface area contributed by atoms with Gasteiger partial charge in [-0.1, -0.05) is 12.1 Å². The second-order valence-electron chi connectivity index (χ2n) is 7.55. The average Bonchev–Trinajstić information content (AvgIpc) is 2.91. The SMILES string of the molecule is Cc1cc2cccc(C(=O)N3CCN(C)[C@@]4(CCNC(=O)CC4)C3)c2o1. The summed E-state index contributed by atoms with van der Waals surface area (Å²) in [5, 5.41) is 3.91. The molecule has 1 aromatic carbocycles. The van der Waals surface area contributed by atoms with Gasteiger partial charge in [-0.2, -0.15) is 0 Å². The highest BCUT2D eigenvalue weighted by molar-refractivity contribution is 6.05. The Bertz CT molecular complexity index is 859. The van der Waals surface area contributed by atoms with Crippen LogP contribution < -0.4 is 5.32 Å². The summed E-state index contributed by atoms with van der Waals surface area (Å²) in [7, 11) is 2.11.